The molecule has 0 saturated carbocycles. The number of morpholine rings is 1. The van der Waals surface area contributed by atoms with Crippen LogP contribution < -0.4 is 0 Å². The molecular weight excluding hydrogens is 324 g/mol. The molecule has 0 spiro atoms. The summed E-state index contributed by atoms with van der Waals surface area (Å²) in [4.78, 5) is 17.5. The van der Waals surface area contributed by atoms with E-state index in [2.05, 4.69) is 47.9 Å². The van der Waals surface area contributed by atoms with E-state index in [9.17, 15) is 4.79 Å². The fourth-order valence-electron chi connectivity index (χ4n) is 4.27. The largest absolute Gasteiger partial charge is 0.379 e. The zero-order valence-electron chi connectivity index (χ0n) is 16.4. The molecule has 0 aromatic heterocycles. The van der Waals surface area contributed by atoms with Crippen molar-refractivity contribution in [2.75, 3.05) is 45.9 Å². The van der Waals surface area contributed by atoms with E-state index in [1.807, 2.05) is 6.07 Å². The van der Waals surface area contributed by atoms with E-state index in [0.29, 0.717) is 24.2 Å². The van der Waals surface area contributed by atoms with E-state index in [4.69, 9.17) is 4.74 Å². The van der Waals surface area contributed by atoms with Crippen LogP contribution in [0, 0.1) is 11.8 Å². The second-order valence-electron chi connectivity index (χ2n) is 8.20. The Balaban J connectivity index is 1.48. The molecule has 4 nitrogen and oxygen atoms in total. The molecule has 2 heterocycles. The Morgan fingerprint density at radius 1 is 1.08 bits per heavy atom. The van der Waals surface area contributed by atoms with Crippen LogP contribution in [0.3, 0.4) is 0 Å². The fourth-order valence-corrected chi connectivity index (χ4v) is 4.27. The van der Waals surface area contributed by atoms with Gasteiger partial charge in [0, 0.05) is 39.1 Å². The van der Waals surface area contributed by atoms with E-state index in [-0.39, 0.29) is 0 Å². The zero-order chi connectivity index (χ0) is 18.4. The van der Waals surface area contributed by atoms with Gasteiger partial charge in [-0.05, 0) is 36.2 Å². The Morgan fingerprint density at radius 2 is 1.73 bits per heavy atom. The van der Waals surface area contributed by atoms with Crippen molar-refractivity contribution in [2.24, 2.45) is 11.8 Å². The van der Waals surface area contributed by atoms with Gasteiger partial charge in [-0.25, -0.2) is 0 Å². The van der Waals surface area contributed by atoms with Crippen molar-refractivity contribution >= 4 is 5.91 Å². The first-order chi connectivity index (χ1) is 12.6. The highest BCUT2D eigenvalue weighted by Gasteiger charge is 2.27. The lowest BCUT2D eigenvalue weighted by Gasteiger charge is -2.36. The molecule has 2 aliphatic heterocycles. The molecular formula is C22H34N2O2. The van der Waals surface area contributed by atoms with Crippen LogP contribution in [0.5, 0.6) is 0 Å². The number of rotatable bonds is 6. The summed E-state index contributed by atoms with van der Waals surface area (Å²) in [6.07, 6.45) is 2.91. The van der Waals surface area contributed by atoms with Crippen molar-refractivity contribution in [1.29, 1.82) is 0 Å². The molecule has 1 atom stereocenters. The van der Waals surface area contributed by atoms with E-state index < -0.39 is 0 Å². The lowest BCUT2D eigenvalue weighted by molar-refractivity contribution is -0.133. The third-order valence-corrected chi connectivity index (χ3v) is 6.01. The standard InChI is InChI=1S/C22H34N2O2/c1-18(2)21(20-6-4-3-5-7-20)16-22(25)24-10-8-19(9-11-24)17-23-12-14-26-15-13-23/h3-7,18-19,21H,8-17H2,1-2H3. The smallest absolute Gasteiger partial charge is 0.223 e. The number of hydrogen-bond donors (Lipinski definition) is 0. The monoisotopic (exact) mass is 358 g/mol. The van der Waals surface area contributed by atoms with Gasteiger partial charge in [-0.2, -0.15) is 0 Å². The number of carbonyl (C=O) groups excluding carboxylic acids is 1. The molecule has 1 aromatic carbocycles. The van der Waals surface area contributed by atoms with Crippen LogP contribution in [-0.4, -0.2) is 61.6 Å². The number of nitrogens with zero attached hydrogens (tertiary/aromatic N) is 2. The quantitative estimate of drug-likeness (QED) is 0.781. The topological polar surface area (TPSA) is 32.8 Å². The molecule has 0 aliphatic carbocycles. The average molecular weight is 359 g/mol. The summed E-state index contributed by atoms with van der Waals surface area (Å²) in [7, 11) is 0. The SMILES string of the molecule is CC(C)C(CC(=O)N1CCC(CN2CCOCC2)CC1)c1ccccc1. The lowest BCUT2D eigenvalue weighted by atomic mass is 9.85. The molecule has 1 unspecified atom stereocenters. The van der Waals surface area contributed by atoms with Gasteiger partial charge < -0.3 is 9.64 Å². The van der Waals surface area contributed by atoms with Crippen molar-refractivity contribution in [1.82, 2.24) is 9.80 Å². The first-order valence-corrected chi connectivity index (χ1v) is 10.3. The molecule has 4 heteroatoms. The molecule has 1 aromatic rings. The van der Waals surface area contributed by atoms with Gasteiger partial charge in [-0.1, -0.05) is 44.2 Å². The Bertz CT molecular complexity index is 547. The average Bonchev–Trinajstić information content (AvgIpc) is 2.68. The number of benzene rings is 1. The third-order valence-electron chi connectivity index (χ3n) is 6.01. The molecule has 26 heavy (non-hydrogen) atoms. The summed E-state index contributed by atoms with van der Waals surface area (Å²) < 4.78 is 5.44. The van der Waals surface area contributed by atoms with Gasteiger partial charge in [0.25, 0.3) is 0 Å². The van der Waals surface area contributed by atoms with Crippen molar-refractivity contribution in [3.63, 3.8) is 0 Å². The fraction of sp³-hybridized carbons (Fsp3) is 0.682. The van der Waals surface area contributed by atoms with Gasteiger partial charge in [-0.15, -0.1) is 0 Å². The normalized spacial score (nSPS) is 21.1. The minimum Gasteiger partial charge on any atom is -0.379 e. The van der Waals surface area contributed by atoms with E-state index in [1.165, 1.54) is 12.1 Å². The Hall–Kier alpha value is -1.39. The highest BCUT2D eigenvalue weighted by molar-refractivity contribution is 5.77. The first-order valence-electron chi connectivity index (χ1n) is 10.3. The van der Waals surface area contributed by atoms with Gasteiger partial charge in [-0.3, -0.25) is 9.69 Å². The van der Waals surface area contributed by atoms with Crippen molar-refractivity contribution in [2.45, 2.75) is 39.0 Å². The summed E-state index contributed by atoms with van der Waals surface area (Å²) in [5.41, 5.74) is 1.29. The molecule has 0 radical (unpaired) electrons. The van der Waals surface area contributed by atoms with Gasteiger partial charge in [0.05, 0.1) is 13.2 Å². The predicted molar refractivity (Wildman–Crippen MR) is 105 cm³/mol. The van der Waals surface area contributed by atoms with E-state index in [1.54, 1.807) is 0 Å². The Kier molecular flexibility index (Phi) is 7.09. The number of hydrogen-bond acceptors (Lipinski definition) is 3. The highest BCUT2D eigenvalue weighted by Crippen LogP contribution is 2.29. The molecule has 2 aliphatic rings. The second kappa shape index (κ2) is 9.52. The number of amides is 1. The molecule has 0 N–H and O–H groups in total. The highest BCUT2D eigenvalue weighted by atomic mass is 16.5. The molecule has 3 rings (SSSR count). The maximum absolute atomic E-state index is 12.9. The first kappa shape index (κ1) is 19.4. The maximum atomic E-state index is 12.9. The van der Waals surface area contributed by atoms with E-state index in [0.717, 1.165) is 58.2 Å². The van der Waals surface area contributed by atoms with Crippen LogP contribution in [0.1, 0.15) is 44.6 Å². The van der Waals surface area contributed by atoms with Gasteiger partial charge in [0.2, 0.25) is 5.91 Å². The Labute approximate surface area is 158 Å². The number of ether oxygens (including phenoxy) is 1. The summed E-state index contributed by atoms with van der Waals surface area (Å²) >= 11 is 0. The van der Waals surface area contributed by atoms with Crippen molar-refractivity contribution in [3.05, 3.63) is 35.9 Å². The van der Waals surface area contributed by atoms with Crippen LogP contribution in [0.2, 0.25) is 0 Å². The number of piperidine rings is 1. The van der Waals surface area contributed by atoms with Gasteiger partial charge in [0.15, 0.2) is 0 Å². The van der Waals surface area contributed by atoms with Crippen LogP contribution in [-0.2, 0) is 9.53 Å². The molecule has 1 amide bonds. The predicted octanol–water partition coefficient (Wildman–Crippen LogP) is 3.39. The summed E-state index contributed by atoms with van der Waals surface area (Å²) in [6, 6.07) is 10.5. The van der Waals surface area contributed by atoms with E-state index >= 15 is 0 Å². The summed E-state index contributed by atoms with van der Waals surface area (Å²) in [6.45, 7) is 11.3. The minimum atomic E-state index is 0.315. The van der Waals surface area contributed by atoms with Crippen LogP contribution in [0.25, 0.3) is 0 Å². The van der Waals surface area contributed by atoms with Gasteiger partial charge >= 0.3 is 0 Å². The van der Waals surface area contributed by atoms with Gasteiger partial charge in [0.1, 0.15) is 0 Å². The number of likely N-dealkylation sites (tertiary alicyclic amines) is 1. The minimum absolute atomic E-state index is 0.315. The molecule has 2 saturated heterocycles. The molecule has 2 fully saturated rings. The van der Waals surface area contributed by atoms with Crippen molar-refractivity contribution < 1.29 is 9.53 Å². The third kappa shape index (κ3) is 5.31. The summed E-state index contributed by atoms with van der Waals surface area (Å²) in [5, 5.41) is 0. The second-order valence-corrected chi connectivity index (χ2v) is 8.20. The van der Waals surface area contributed by atoms with Crippen LogP contribution in [0.4, 0.5) is 0 Å². The maximum Gasteiger partial charge on any atom is 0.223 e. The van der Waals surface area contributed by atoms with Crippen LogP contribution in [0.15, 0.2) is 30.3 Å². The summed E-state index contributed by atoms with van der Waals surface area (Å²) in [5.74, 6) is 1.85. The van der Waals surface area contributed by atoms with Crippen molar-refractivity contribution in [3.8, 4) is 0 Å². The van der Waals surface area contributed by atoms with Crippen LogP contribution >= 0.6 is 0 Å². The number of carbonyl (C=O) groups is 1. The zero-order valence-corrected chi connectivity index (χ0v) is 16.4. The molecule has 0 bridgehead atoms. The Morgan fingerprint density at radius 3 is 2.35 bits per heavy atom. The molecule has 144 valence electrons. The lowest BCUT2D eigenvalue weighted by Crippen LogP contribution is -2.44.